The molecule has 1 aromatic carbocycles. The maximum absolute atomic E-state index is 12.0. The number of guanidine groups is 1. The van der Waals surface area contributed by atoms with Gasteiger partial charge in [0.1, 0.15) is 18.7 Å². The third kappa shape index (κ3) is 6.54. The molecular formula is C16H22BrN7O. The molecule has 0 aliphatic rings. The van der Waals surface area contributed by atoms with E-state index >= 15 is 0 Å². The molecular weight excluding hydrogens is 386 g/mol. The number of aliphatic imine (C=N–C) groups is 1. The number of rotatable bonds is 7. The van der Waals surface area contributed by atoms with Crippen LogP contribution in [0.3, 0.4) is 0 Å². The number of nitrogens with one attached hydrogen (secondary N) is 3. The van der Waals surface area contributed by atoms with Crippen LogP contribution in [0.5, 0.6) is 0 Å². The van der Waals surface area contributed by atoms with Crippen molar-refractivity contribution >= 4 is 33.5 Å². The fourth-order valence-corrected chi connectivity index (χ4v) is 2.27. The quantitative estimate of drug-likeness (QED) is 0.479. The zero-order valence-corrected chi connectivity index (χ0v) is 15.9. The zero-order chi connectivity index (χ0) is 18.1. The standard InChI is InChI=1S/C16H22BrN7O/c1-3-18-16(20-10-14-21-11-22-24(14)2)19-9-8-15(25)23-13-6-4-12(17)5-7-13/h4-7,11H,3,8-10H2,1-2H3,(H,23,25)(H2,18,19,20). The predicted molar refractivity (Wildman–Crippen MR) is 101 cm³/mol. The number of carbonyl (C=O) groups excluding carboxylic acids is 1. The van der Waals surface area contributed by atoms with Gasteiger partial charge in [-0.15, -0.1) is 0 Å². The van der Waals surface area contributed by atoms with E-state index in [1.165, 1.54) is 6.33 Å². The fourth-order valence-electron chi connectivity index (χ4n) is 2.01. The molecule has 2 aromatic rings. The van der Waals surface area contributed by atoms with E-state index in [4.69, 9.17) is 0 Å². The number of hydrogen-bond donors (Lipinski definition) is 3. The van der Waals surface area contributed by atoms with Crippen molar-refractivity contribution in [1.29, 1.82) is 0 Å². The van der Waals surface area contributed by atoms with Gasteiger partial charge in [-0.3, -0.25) is 9.48 Å². The first-order valence-electron chi connectivity index (χ1n) is 7.99. The Hall–Kier alpha value is -2.42. The number of carbonyl (C=O) groups is 1. The van der Waals surface area contributed by atoms with Crippen LogP contribution >= 0.6 is 15.9 Å². The van der Waals surface area contributed by atoms with Crippen molar-refractivity contribution in [2.75, 3.05) is 18.4 Å². The number of halogens is 1. The molecule has 1 aromatic heterocycles. The van der Waals surface area contributed by atoms with Gasteiger partial charge >= 0.3 is 0 Å². The molecule has 0 spiro atoms. The second-order valence-electron chi connectivity index (χ2n) is 5.23. The largest absolute Gasteiger partial charge is 0.357 e. The van der Waals surface area contributed by atoms with Crippen LogP contribution < -0.4 is 16.0 Å². The molecule has 0 aliphatic heterocycles. The molecule has 0 saturated heterocycles. The van der Waals surface area contributed by atoms with Crippen LogP contribution in [0.25, 0.3) is 0 Å². The van der Waals surface area contributed by atoms with Crippen LogP contribution in [0.2, 0.25) is 0 Å². The smallest absolute Gasteiger partial charge is 0.226 e. The Morgan fingerprint density at radius 1 is 1.28 bits per heavy atom. The Morgan fingerprint density at radius 3 is 2.68 bits per heavy atom. The second kappa shape index (κ2) is 9.77. The van der Waals surface area contributed by atoms with Crippen LogP contribution in [0.15, 0.2) is 40.1 Å². The van der Waals surface area contributed by atoms with Crippen LogP contribution in [0.4, 0.5) is 5.69 Å². The normalized spacial score (nSPS) is 11.2. The van der Waals surface area contributed by atoms with Crippen LogP contribution in [-0.2, 0) is 18.4 Å². The second-order valence-corrected chi connectivity index (χ2v) is 6.14. The van der Waals surface area contributed by atoms with E-state index in [9.17, 15) is 4.79 Å². The van der Waals surface area contributed by atoms with Gasteiger partial charge in [-0.05, 0) is 31.2 Å². The van der Waals surface area contributed by atoms with Crippen molar-refractivity contribution in [1.82, 2.24) is 25.4 Å². The van der Waals surface area contributed by atoms with E-state index in [0.717, 1.165) is 22.5 Å². The highest BCUT2D eigenvalue weighted by Gasteiger charge is 2.05. The number of amides is 1. The Morgan fingerprint density at radius 2 is 2.04 bits per heavy atom. The average molecular weight is 408 g/mol. The van der Waals surface area contributed by atoms with Gasteiger partial charge in [-0.25, -0.2) is 9.98 Å². The SMILES string of the molecule is CCNC(=NCc1ncnn1C)NCCC(=O)Nc1ccc(Br)cc1. The molecule has 0 unspecified atom stereocenters. The monoisotopic (exact) mass is 407 g/mol. The number of hydrogen-bond acceptors (Lipinski definition) is 4. The Balaban J connectivity index is 1.79. The summed E-state index contributed by atoms with van der Waals surface area (Å²) in [5.41, 5.74) is 0.774. The molecule has 0 atom stereocenters. The minimum absolute atomic E-state index is 0.0565. The van der Waals surface area contributed by atoms with Crippen LogP contribution in [0.1, 0.15) is 19.2 Å². The highest BCUT2D eigenvalue weighted by Crippen LogP contribution is 2.14. The summed E-state index contributed by atoms with van der Waals surface area (Å²) in [7, 11) is 1.82. The molecule has 134 valence electrons. The van der Waals surface area contributed by atoms with E-state index in [2.05, 4.69) is 47.0 Å². The van der Waals surface area contributed by atoms with E-state index in [1.807, 2.05) is 38.2 Å². The first-order valence-corrected chi connectivity index (χ1v) is 8.78. The Bertz CT molecular complexity index is 712. The summed E-state index contributed by atoms with van der Waals surface area (Å²) in [5.74, 6) is 1.35. The van der Waals surface area contributed by atoms with Gasteiger partial charge in [-0.1, -0.05) is 15.9 Å². The highest BCUT2D eigenvalue weighted by atomic mass is 79.9. The molecule has 0 fully saturated rings. The first kappa shape index (κ1) is 18.9. The minimum Gasteiger partial charge on any atom is -0.357 e. The maximum Gasteiger partial charge on any atom is 0.226 e. The maximum atomic E-state index is 12.0. The summed E-state index contributed by atoms with van der Waals surface area (Å²) in [6.07, 6.45) is 1.84. The molecule has 9 heteroatoms. The molecule has 0 saturated carbocycles. The fraction of sp³-hybridized carbons (Fsp3) is 0.375. The first-order chi connectivity index (χ1) is 12.1. The highest BCUT2D eigenvalue weighted by molar-refractivity contribution is 9.10. The molecule has 1 heterocycles. The molecule has 8 nitrogen and oxygen atoms in total. The average Bonchev–Trinajstić information content (AvgIpc) is 3.00. The van der Waals surface area contributed by atoms with Gasteiger partial charge in [0.15, 0.2) is 5.96 Å². The van der Waals surface area contributed by atoms with Gasteiger partial charge in [0, 0.05) is 36.7 Å². The number of benzene rings is 1. The zero-order valence-electron chi connectivity index (χ0n) is 14.3. The van der Waals surface area contributed by atoms with Crippen LogP contribution in [-0.4, -0.2) is 39.7 Å². The molecule has 2 rings (SSSR count). The van der Waals surface area contributed by atoms with Crippen molar-refractivity contribution in [2.24, 2.45) is 12.0 Å². The lowest BCUT2D eigenvalue weighted by Crippen LogP contribution is -2.38. The van der Waals surface area contributed by atoms with E-state index < -0.39 is 0 Å². The van der Waals surface area contributed by atoms with Crippen molar-refractivity contribution in [2.45, 2.75) is 19.9 Å². The molecule has 0 aliphatic carbocycles. The van der Waals surface area contributed by atoms with Crippen molar-refractivity contribution < 1.29 is 4.79 Å². The van der Waals surface area contributed by atoms with Crippen LogP contribution in [0, 0.1) is 0 Å². The third-order valence-corrected chi connectivity index (χ3v) is 3.83. The van der Waals surface area contributed by atoms with E-state index in [-0.39, 0.29) is 5.91 Å². The summed E-state index contributed by atoms with van der Waals surface area (Å²) < 4.78 is 2.65. The lowest BCUT2D eigenvalue weighted by molar-refractivity contribution is -0.116. The lowest BCUT2D eigenvalue weighted by Gasteiger charge is -2.11. The molecule has 3 N–H and O–H groups in total. The lowest BCUT2D eigenvalue weighted by atomic mass is 10.3. The minimum atomic E-state index is -0.0565. The summed E-state index contributed by atoms with van der Waals surface area (Å²) in [6, 6.07) is 7.47. The van der Waals surface area contributed by atoms with Crippen molar-refractivity contribution in [3.8, 4) is 0 Å². The predicted octanol–water partition coefficient (Wildman–Crippen LogP) is 1.66. The summed E-state index contributed by atoms with van der Waals surface area (Å²) in [6.45, 7) is 3.61. The summed E-state index contributed by atoms with van der Waals surface area (Å²) in [4.78, 5) is 20.6. The van der Waals surface area contributed by atoms with E-state index in [1.54, 1.807) is 4.68 Å². The van der Waals surface area contributed by atoms with Gasteiger partial charge in [0.2, 0.25) is 5.91 Å². The van der Waals surface area contributed by atoms with Crippen molar-refractivity contribution in [3.63, 3.8) is 0 Å². The topological polar surface area (TPSA) is 96.2 Å². The van der Waals surface area contributed by atoms with Crippen molar-refractivity contribution in [3.05, 3.63) is 40.9 Å². The van der Waals surface area contributed by atoms with Gasteiger partial charge in [0.05, 0.1) is 0 Å². The molecule has 0 bridgehead atoms. The van der Waals surface area contributed by atoms with Gasteiger partial charge in [0.25, 0.3) is 0 Å². The van der Waals surface area contributed by atoms with E-state index in [0.29, 0.717) is 25.5 Å². The number of aromatic nitrogens is 3. The molecule has 0 radical (unpaired) electrons. The Labute approximate surface area is 155 Å². The van der Waals surface area contributed by atoms with Gasteiger partial charge in [-0.2, -0.15) is 5.10 Å². The molecule has 1 amide bonds. The third-order valence-electron chi connectivity index (χ3n) is 3.30. The van der Waals surface area contributed by atoms with Gasteiger partial charge < -0.3 is 16.0 Å². The number of aryl methyl sites for hydroxylation is 1. The Kier molecular flexibility index (Phi) is 7.39. The molecule has 25 heavy (non-hydrogen) atoms. The summed E-state index contributed by atoms with van der Waals surface area (Å²) in [5, 5.41) is 13.1. The number of anilines is 1. The summed E-state index contributed by atoms with van der Waals surface area (Å²) >= 11 is 3.36. The number of nitrogens with zero attached hydrogens (tertiary/aromatic N) is 4.